The molecule has 1 saturated heterocycles. The van der Waals surface area contributed by atoms with E-state index in [0.29, 0.717) is 11.3 Å². The van der Waals surface area contributed by atoms with Crippen molar-refractivity contribution in [2.75, 3.05) is 18.0 Å². The van der Waals surface area contributed by atoms with Crippen molar-refractivity contribution in [1.29, 1.82) is 0 Å². The second-order valence-corrected chi connectivity index (χ2v) is 4.46. The third-order valence-electron chi connectivity index (χ3n) is 3.16. The van der Waals surface area contributed by atoms with E-state index in [1.54, 1.807) is 6.07 Å². The number of rotatable bonds is 3. The number of hydrogen-bond donors (Lipinski definition) is 0. The van der Waals surface area contributed by atoms with Gasteiger partial charge in [-0.2, -0.15) is 0 Å². The van der Waals surface area contributed by atoms with Gasteiger partial charge >= 0.3 is 0 Å². The summed E-state index contributed by atoms with van der Waals surface area (Å²) in [5.41, 5.74) is 1.99. The van der Waals surface area contributed by atoms with Crippen molar-refractivity contribution in [3.05, 3.63) is 45.4 Å². The van der Waals surface area contributed by atoms with Crippen LogP contribution in [0, 0.1) is 22.9 Å². The topological polar surface area (TPSA) is 46.4 Å². The van der Waals surface area contributed by atoms with Gasteiger partial charge in [-0.25, -0.2) is 4.39 Å². The van der Waals surface area contributed by atoms with Gasteiger partial charge in [0.2, 0.25) is 6.20 Å². The number of anilines is 1. The van der Waals surface area contributed by atoms with Crippen LogP contribution in [0.1, 0.15) is 24.0 Å². The summed E-state index contributed by atoms with van der Waals surface area (Å²) < 4.78 is 14.0. The number of nitro groups is 1. The lowest BCUT2D eigenvalue weighted by Crippen LogP contribution is -2.19. The standard InChI is InChI=1S/C13H15FN2O2/c1-10-8-13(15-5-2-3-6-15)12(14)9-11(10)4-7-16(17)18/h4,7-9H,2-3,5-6H2,1H3/b7-4+. The number of benzene rings is 1. The molecule has 0 aliphatic carbocycles. The largest absolute Gasteiger partial charge is 0.369 e. The number of nitrogens with zero attached hydrogens (tertiary/aromatic N) is 2. The molecule has 2 rings (SSSR count). The molecule has 96 valence electrons. The van der Waals surface area contributed by atoms with E-state index in [4.69, 9.17) is 0 Å². The molecular formula is C13H15FN2O2. The van der Waals surface area contributed by atoms with Crippen molar-refractivity contribution in [2.24, 2.45) is 0 Å². The van der Waals surface area contributed by atoms with Crippen molar-refractivity contribution >= 4 is 11.8 Å². The summed E-state index contributed by atoms with van der Waals surface area (Å²) in [6.45, 7) is 3.58. The highest BCUT2D eigenvalue weighted by molar-refractivity contribution is 5.60. The Labute approximate surface area is 105 Å². The van der Waals surface area contributed by atoms with E-state index in [1.165, 1.54) is 12.1 Å². The van der Waals surface area contributed by atoms with Crippen molar-refractivity contribution < 1.29 is 9.31 Å². The summed E-state index contributed by atoms with van der Waals surface area (Å²) in [4.78, 5) is 11.7. The zero-order valence-electron chi connectivity index (χ0n) is 10.2. The summed E-state index contributed by atoms with van der Waals surface area (Å²) in [7, 11) is 0. The first-order valence-corrected chi connectivity index (χ1v) is 5.95. The molecule has 4 nitrogen and oxygen atoms in total. The smallest absolute Gasteiger partial charge is 0.235 e. The van der Waals surface area contributed by atoms with Gasteiger partial charge in [0.15, 0.2) is 0 Å². The summed E-state index contributed by atoms with van der Waals surface area (Å²) in [6, 6.07) is 3.13. The molecule has 18 heavy (non-hydrogen) atoms. The molecule has 0 aromatic heterocycles. The molecule has 0 bridgehead atoms. The lowest BCUT2D eigenvalue weighted by atomic mass is 10.1. The molecular weight excluding hydrogens is 235 g/mol. The minimum absolute atomic E-state index is 0.314. The molecule has 1 aliphatic heterocycles. The fourth-order valence-corrected chi connectivity index (χ4v) is 2.20. The molecule has 0 radical (unpaired) electrons. The van der Waals surface area contributed by atoms with Crippen LogP contribution in [0.3, 0.4) is 0 Å². The Morgan fingerprint density at radius 3 is 2.67 bits per heavy atom. The van der Waals surface area contributed by atoms with Gasteiger partial charge in [-0.05, 0) is 43.0 Å². The molecule has 1 aliphatic rings. The monoisotopic (exact) mass is 250 g/mol. The van der Waals surface area contributed by atoms with Crippen LogP contribution in [0.25, 0.3) is 6.08 Å². The van der Waals surface area contributed by atoms with Crippen LogP contribution in [0.15, 0.2) is 18.3 Å². The first-order chi connectivity index (χ1) is 8.58. The average molecular weight is 250 g/mol. The molecule has 0 saturated carbocycles. The Morgan fingerprint density at radius 2 is 2.06 bits per heavy atom. The van der Waals surface area contributed by atoms with Gasteiger partial charge < -0.3 is 4.90 Å². The molecule has 1 fully saturated rings. The summed E-state index contributed by atoms with van der Waals surface area (Å²) >= 11 is 0. The summed E-state index contributed by atoms with van der Waals surface area (Å²) in [5, 5.41) is 10.3. The number of aryl methyl sites for hydroxylation is 1. The van der Waals surface area contributed by atoms with Crippen molar-refractivity contribution in [3.63, 3.8) is 0 Å². The Balaban J connectivity index is 2.31. The van der Waals surface area contributed by atoms with Crippen molar-refractivity contribution in [3.8, 4) is 0 Å². The van der Waals surface area contributed by atoms with Gasteiger partial charge in [0.1, 0.15) is 5.82 Å². The Hall–Kier alpha value is -1.91. The molecule has 1 aromatic carbocycles. The fourth-order valence-electron chi connectivity index (χ4n) is 2.20. The van der Waals surface area contributed by atoms with Gasteiger partial charge in [-0.15, -0.1) is 0 Å². The quantitative estimate of drug-likeness (QED) is 0.612. The first-order valence-electron chi connectivity index (χ1n) is 5.95. The normalized spacial score (nSPS) is 15.6. The zero-order valence-corrected chi connectivity index (χ0v) is 10.2. The van der Waals surface area contributed by atoms with E-state index in [-0.39, 0.29) is 5.82 Å². The van der Waals surface area contributed by atoms with Crippen LogP contribution in [0.5, 0.6) is 0 Å². The van der Waals surface area contributed by atoms with E-state index in [0.717, 1.165) is 37.7 Å². The van der Waals surface area contributed by atoms with E-state index >= 15 is 0 Å². The van der Waals surface area contributed by atoms with Gasteiger partial charge in [-0.3, -0.25) is 10.1 Å². The zero-order chi connectivity index (χ0) is 13.1. The molecule has 0 amide bonds. The lowest BCUT2D eigenvalue weighted by Gasteiger charge is -2.19. The third kappa shape index (κ3) is 2.67. The van der Waals surface area contributed by atoms with Gasteiger partial charge in [0.05, 0.1) is 10.6 Å². The minimum Gasteiger partial charge on any atom is -0.369 e. The second-order valence-electron chi connectivity index (χ2n) is 4.46. The predicted molar refractivity (Wildman–Crippen MR) is 68.6 cm³/mol. The maximum absolute atomic E-state index is 14.0. The number of halogens is 1. The maximum Gasteiger partial charge on any atom is 0.235 e. The maximum atomic E-state index is 14.0. The van der Waals surface area contributed by atoms with Gasteiger partial charge in [0.25, 0.3) is 0 Å². The third-order valence-corrected chi connectivity index (χ3v) is 3.16. The highest BCUT2D eigenvalue weighted by atomic mass is 19.1. The van der Waals surface area contributed by atoms with E-state index in [1.807, 2.05) is 11.8 Å². The van der Waals surface area contributed by atoms with Crippen LogP contribution < -0.4 is 4.90 Å². The van der Waals surface area contributed by atoms with E-state index < -0.39 is 4.92 Å². The molecule has 0 spiro atoms. The van der Waals surface area contributed by atoms with Crippen LogP contribution >= 0.6 is 0 Å². The second kappa shape index (κ2) is 5.16. The van der Waals surface area contributed by atoms with E-state index in [2.05, 4.69) is 0 Å². The summed E-state index contributed by atoms with van der Waals surface area (Å²) in [6.07, 6.45) is 4.33. The SMILES string of the molecule is Cc1cc(N2CCCC2)c(F)cc1/C=C/[N+](=O)[O-]. The molecule has 1 heterocycles. The van der Waals surface area contributed by atoms with Crippen LogP contribution in [-0.2, 0) is 0 Å². The Morgan fingerprint density at radius 1 is 1.39 bits per heavy atom. The first kappa shape index (κ1) is 12.5. The minimum atomic E-state index is -0.550. The highest BCUT2D eigenvalue weighted by Gasteiger charge is 2.17. The fraction of sp³-hybridized carbons (Fsp3) is 0.385. The predicted octanol–water partition coefficient (Wildman–Crippen LogP) is 2.98. The Bertz CT molecular complexity index is 494. The summed E-state index contributed by atoms with van der Waals surface area (Å²) in [5.74, 6) is -0.314. The lowest BCUT2D eigenvalue weighted by molar-refractivity contribution is -0.400. The number of hydrogen-bond acceptors (Lipinski definition) is 3. The van der Waals surface area contributed by atoms with Crippen LogP contribution in [0.4, 0.5) is 10.1 Å². The molecule has 0 N–H and O–H groups in total. The molecule has 0 unspecified atom stereocenters. The van der Waals surface area contributed by atoms with Crippen LogP contribution in [-0.4, -0.2) is 18.0 Å². The van der Waals surface area contributed by atoms with Crippen molar-refractivity contribution in [1.82, 2.24) is 0 Å². The molecule has 1 aromatic rings. The van der Waals surface area contributed by atoms with Crippen molar-refractivity contribution in [2.45, 2.75) is 19.8 Å². The molecule has 0 atom stereocenters. The Kier molecular flexibility index (Phi) is 3.60. The van der Waals surface area contributed by atoms with Gasteiger partial charge in [0, 0.05) is 19.2 Å². The highest BCUT2D eigenvalue weighted by Crippen LogP contribution is 2.27. The average Bonchev–Trinajstić information content (AvgIpc) is 2.83. The van der Waals surface area contributed by atoms with Gasteiger partial charge in [-0.1, -0.05) is 0 Å². The van der Waals surface area contributed by atoms with E-state index in [9.17, 15) is 14.5 Å². The molecule has 5 heteroatoms. The van der Waals surface area contributed by atoms with Crippen LogP contribution in [0.2, 0.25) is 0 Å².